The minimum atomic E-state index is -3.68. The second kappa shape index (κ2) is 7.67. The molecule has 0 fully saturated rings. The molecule has 0 aliphatic carbocycles. The number of halogens is 2. The minimum Gasteiger partial charge on any atom is -0.326 e. The highest BCUT2D eigenvalue weighted by atomic mass is 79.9. The zero-order chi connectivity index (χ0) is 16.9. The Morgan fingerprint density at radius 1 is 1.13 bits per heavy atom. The average molecular weight is 401 g/mol. The van der Waals surface area contributed by atoms with Gasteiger partial charge in [-0.05, 0) is 36.4 Å². The minimum absolute atomic E-state index is 0.0595. The van der Waals surface area contributed by atoms with Gasteiger partial charge in [-0.3, -0.25) is 4.79 Å². The third kappa shape index (κ3) is 5.42. The molecule has 0 spiro atoms. The molecule has 2 N–H and O–H groups in total. The first-order valence-corrected chi connectivity index (χ1v) is 8.95. The van der Waals surface area contributed by atoms with Crippen molar-refractivity contribution in [3.63, 3.8) is 0 Å². The summed E-state index contributed by atoms with van der Waals surface area (Å²) in [5.41, 5.74) is 0.324. The van der Waals surface area contributed by atoms with Gasteiger partial charge in [0, 0.05) is 23.1 Å². The summed E-state index contributed by atoms with van der Waals surface area (Å²) in [6.07, 6.45) is -0.0657. The van der Waals surface area contributed by atoms with Gasteiger partial charge in [-0.2, -0.15) is 0 Å². The Bertz CT molecular complexity index is 812. The molecule has 2 aromatic rings. The first-order valence-electron chi connectivity index (χ1n) is 6.67. The number of carbonyl (C=O) groups excluding carboxylic acids is 1. The van der Waals surface area contributed by atoms with Crippen LogP contribution in [0.2, 0.25) is 0 Å². The van der Waals surface area contributed by atoms with E-state index in [1.54, 1.807) is 18.2 Å². The highest BCUT2D eigenvalue weighted by Gasteiger charge is 2.14. The predicted molar refractivity (Wildman–Crippen MR) is 89.0 cm³/mol. The SMILES string of the molecule is O=C(CCNS(=O)(=O)c1cccc(Br)c1)Nc1cccc(F)c1. The van der Waals surface area contributed by atoms with E-state index < -0.39 is 21.7 Å². The van der Waals surface area contributed by atoms with Crippen LogP contribution in [0.1, 0.15) is 6.42 Å². The second-order valence-electron chi connectivity index (χ2n) is 4.66. The largest absolute Gasteiger partial charge is 0.326 e. The molecule has 2 rings (SSSR count). The number of amides is 1. The molecule has 0 aromatic heterocycles. The van der Waals surface area contributed by atoms with Crippen LogP contribution in [0.25, 0.3) is 0 Å². The lowest BCUT2D eigenvalue weighted by Gasteiger charge is -2.08. The van der Waals surface area contributed by atoms with Crippen LogP contribution in [0, 0.1) is 5.82 Å². The summed E-state index contributed by atoms with van der Waals surface area (Å²) in [5.74, 6) is -0.870. The van der Waals surface area contributed by atoms with E-state index in [1.165, 1.54) is 30.3 Å². The molecule has 122 valence electrons. The van der Waals surface area contributed by atoms with Crippen LogP contribution in [-0.4, -0.2) is 20.9 Å². The highest BCUT2D eigenvalue weighted by Crippen LogP contribution is 2.15. The van der Waals surface area contributed by atoms with Gasteiger partial charge < -0.3 is 5.32 Å². The number of rotatable bonds is 6. The molecule has 0 saturated heterocycles. The molecule has 2 aromatic carbocycles. The number of benzene rings is 2. The lowest BCUT2D eigenvalue weighted by atomic mass is 10.3. The summed E-state index contributed by atoms with van der Waals surface area (Å²) in [5, 5.41) is 2.50. The van der Waals surface area contributed by atoms with Gasteiger partial charge in [-0.1, -0.05) is 28.1 Å². The van der Waals surface area contributed by atoms with Gasteiger partial charge in [0.25, 0.3) is 0 Å². The summed E-state index contributed by atoms with van der Waals surface area (Å²) in [6.45, 7) is -0.0595. The molecule has 0 unspecified atom stereocenters. The molecule has 23 heavy (non-hydrogen) atoms. The highest BCUT2D eigenvalue weighted by molar-refractivity contribution is 9.10. The quantitative estimate of drug-likeness (QED) is 0.782. The second-order valence-corrected chi connectivity index (χ2v) is 7.35. The molecule has 0 aliphatic rings. The Morgan fingerprint density at radius 2 is 1.87 bits per heavy atom. The number of anilines is 1. The predicted octanol–water partition coefficient (Wildman–Crippen LogP) is 2.90. The number of nitrogens with one attached hydrogen (secondary N) is 2. The molecule has 0 heterocycles. The molecule has 5 nitrogen and oxygen atoms in total. The van der Waals surface area contributed by atoms with E-state index in [0.717, 1.165) is 0 Å². The normalized spacial score (nSPS) is 11.2. The zero-order valence-corrected chi connectivity index (χ0v) is 14.3. The van der Waals surface area contributed by atoms with Crippen molar-refractivity contribution < 1.29 is 17.6 Å². The van der Waals surface area contributed by atoms with Crippen LogP contribution >= 0.6 is 15.9 Å². The van der Waals surface area contributed by atoms with Gasteiger partial charge >= 0.3 is 0 Å². The lowest BCUT2D eigenvalue weighted by Crippen LogP contribution is -2.27. The molecular formula is C15H14BrFN2O3S. The molecule has 0 atom stereocenters. The van der Waals surface area contributed by atoms with Crippen molar-refractivity contribution in [2.45, 2.75) is 11.3 Å². The van der Waals surface area contributed by atoms with Gasteiger partial charge in [-0.25, -0.2) is 17.5 Å². The number of hydrogen-bond acceptors (Lipinski definition) is 3. The monoisotopic (exact) mass is 400 g/mol. The molecular weight excluding hydrogens is 387 g/mol. The van der Waals surface area contributed by atoms with E-state index in [2.05, 4.69) is 26.0 Å². The Kier molecular flexibility index (Phi) is 5.86. The smallest absolute Gasteiger partial charge is 0.240 e. The van der Waals surface area contributed by atoms with E-state index >= 15 is 0 Å². The van der Waals surface area contributed by atoms with Gasteiger partial charge in [0.2, 0.25) is 15.9 Å². The van der Waals surface area contributed by atoms with Gasteiger partial charge in [0.15, 0.2) is 0 Å². The Morgan fingerprint density at radius 3 is 2.57 bits per heavy atom. The van der Waals surface area contributed by atoms with Crippen LogP contribution < -0.4 is 10.0 Å². The average Bonchev–Trinajstić information content (AvgIpc) is 2.47. The first kappa shape index (κ1) is 17.6. The maximum Gasteiger partial charge on any atom is 0.240 e. The molecule has 0 aliphatic heterocycles. The summed E-state index contributed by atoms with van der Waals surface area (Å²) < 4.78 is 40.1. The van der Waals surface area contributed by atoms with E-state index in [-0.39, 0.29) is 17.9 Å². The first-order chi connectivity index (χ1) is 10.9. The molecule has 1 amide bonds. The molecule has 8 heteroatoms. The summed E-state index contributed by atoms with van der Waals surface area (Å²) in [4.78, 5) is 11.8. The van der Waals surface area contributed by atoms with Crippen molar-refractivity contribution in [3.8, 4) is 0 Å². The number of carbonyl (C=O) groups is 1. The van der Waals surface area contributed by atoms with Crippen LogP contribution in [0.15, 0.2) is 57.9 Å². The van der Waals surface area contributed by atoms with Crippen molar-refractivity contribution in [1.82, 2.24) is 4.72 Å². The van der Waals surface area contributed by atoms with E-state index in [0.29, 0.717) is 10.2 Å². The summed E-state index contributed by atoms with van der Waals surface area (Å²) in [6, 6.07) is 11.7. The van der Waals surface area contributed by atoms with Gasteiger partial charge in [0.1, 0.15) is 5.82 Å². The van der Waals surface area contributed by atoms with E-state index in [1.807, 2.05) is 0 Å². The van der Waals surface area contributed by atoms with Gasteiger partial charge in [-0.15, -0.1) is 0 Å². The van der Waals surface area contributed by atoms with Crippen LogP contribution in [-0.2, 0) is 14.8 Å². The van der Waals surface area contributed by atoms with Crippen molar-refractivity contribution in [2.24, 2.45) is 0 Å². The molecule has 0 saturated carbocycles. The van der Waals surface area contributed by atoms with E-state index in [9.17, 15) is 17.6 Å². The third-order valence-corrected chi connectivity index (χ3v) is 4.81. The number of hydrogen-bond donors (Lipinski definition) is 2. The Labute approximate surface area is 142 Å². The fourth-order valence-corrected chi connectivity index (χ4v) is 3.43. The lowest BCUT2D eigenvalue weighted by molar-refractivity contribution is -0.116. The van der Waals surface area contributed by atoms with Crippen LogP contribution in [0.3, 0.4) is 0 Å². The number of sulfonamides is 1. The standard InChI is InChI=1S/C15H14BrFN2O3S/c16-11-3-1-6-14(9-11)23(21,22)18-8-7-15(20)19-13-5-2-4-12(17)10-13/h1-6,9-10,18H,7-8H2,(H,19,20). The maximum absolute atomic E-state index is 13.0. The van der Waals surface area contributed by atoms with Crippen LogP contribution in [0.5, 0.6) is 0 Å². The Hall–Kier alpha value is -1.77. The fraction of sp³-hybridized carbons (Fsp3) is 0.133. The Balaban J connectivity index is 1.88. The van der Waals surface area contributed by atoms with Crippen LogP contribution in [0.4, 0.5) is 10.1 Å². The summed E-state index contributed by atoms with van der Waals surface area (Å²) >= 11 is 3.20. The van der Waals surface area contributed by atoms with Gasteiger partial charge in [0.05, 0.1) is 4.90 Å². The molecule has 0 bridgehead atoms. The maximum atomic E-state index is 13.0. The summed E-state index contributed by atoms with van der Waals surface area (Å²) in [7, 11) is -3.68. The zero-order valence-electron chi connectivity index (χ0n) is 11.9. The van der Waals surface area contributed by atoms with Crippen molar-refractivity contribution >= 4 is 37.5 Å². The van der Waals surface area contributed by atoms with Crippen molar-refractivity contribution in [2.75, 3.05) is 11.9 Å². The fourth-order valence-electron chi connectivity index (χ4n) is 1.81. The van der Waals surface area contributed by atoms with Crippen molar-refractivity contribution in [3.05, 3.63) is 58.8 Å². The van der Waals surface area contributed by atoms with Crippen molar-refractivity contribution in [1.29, 1.82) is 0 Å². The third-order valence-electron chi connectivity index (χ3n) is 2.86. The molecule has 0 radical (unpaired) electrons. The van der Waals surface area contributed by atoms with E-state index in [4.69, 9.17) is 0 Å². The topological polar surface area (TPSA) is 75.3 Å².